The normalized spacial score (nSPS) is 32.0. The van der Waals surface area contributed by atoms with Crippen LogP contribution in [0.4, 0.5) is 18.0 Å². The van der Waals surface area contributed by atoms with Crippen molar-refractivity contribution in [2.45, 2.75) is 43.0 Å². The number of ether oxygens (including phenoxy) is 2. The van der Waals surface area contributed by atoms with Gasteiger partial charge < -0.3 is 15.2 Å². The Bertz CT molecular complexity index is 1130. The van der Waals surface area contributed by atoms with Crippen molar-refractivity contribution in [3.63, 3.8) is 0 Å². The van der Waals surface area contributed by atoms with Gasteiger partial charge in [-0.05, 0) is 54.0 Å². The van der Waals surface area contributed by atoms with E-state index in [-0.39, 0.29) is 22.7 Å². The van der Waals surface area contributed by atoms with Crippen molar-refractivity contribution in [2.75, 3.05) is 0 Å². The van der Waals surface area contributed by atoms with Crippen LogP contribution in [-0.2, 0) is 16.7 Å². The van der Waals surface area contributed by atoms with Crippen molar-refractivity contribution >= 4 is 23.0 Å². The zero-order chi connectivity index (χ0) is 23.5. The Balaban J connectivity index is 1.23. The molecule has 3 aliphatic carbocycles. The SMILES string of the molecule is C=C1C2Cc3nc(OC(=O)NC4=NC5C=CC(OC(F)(F)F)=CC5S4)ccc3C1(N)C[C@@H]2C. The number of halogens is 3. The van der Waals surface area contributed by atoms with Gasteiger partial charge in [0, 0.05) is 6.07 Å². The summed E-state index contributed by atoms with van der Waals surface area (Å²) >= 11 is 1.11. The van der Waals surface area contributed by atoms with Crippen molar-refractivity contribution in [3.8, 4) is 5.88 Å². The van der Waals surface area contributed by atoms with Crippen LogP contribution in [0.2, 0.25) is 0 Å². The number of nitrogens with one attached hydrogen (secondary N) is 1. The number of pyridine rings is 1. The standard InChI is InChI=1S/C22H21F3N4O3S/c1-10-9-21(26)11(2)13(10)8-16-14(21)4-6-18(27-16)31-20(30)29-19-28-15-5-3-12(7-17(15)33-19)32-22(23,24)25/h3-7,10,13,15,17H,2,8-9,26H2,1H3,(H,28,29,30)/t10-,13?,15?,17?,21?/m0/s1. The van der Waals surface area contributed by atoms with Crippen molar-refractivity contribution in [3.05, 3.63) is 59.5 Å². The molecule has 4 aliphatic rings. The predicted octanol–water partition coefficient (Wildman–Crippen LogP) is 3.92. The van der Waals surface area contributed by atoms with Gasteiger partial charge in [0.05, 0.1) is 22.5 Å². The number of amidine groups is 1. The highest BCUT2D eigenvalue weighted by atomic mass is 32.2. The van der Waals surface area contributed by atoms with Crippen LogP contribution in [0.15, 0.2) is 53.3 Å². The fourth-order valence-electron chi connectivity index (χ4n) is 4.98. The Morgan fingerprint density at radius 3 is 2.94 bits per heavy atom. The third-order valence-corrected chi connectivity index (χ3v) is 7.59. The lowest BCUT2D eigenvalue weighted by Crippen LogP contribution is -2.39. The summed E-state index contributed by atoms with van der Waals surface area (Å²) in [7, 11) is 0. The molecule has 3 N–H and O–H groups in total. The van der Waals surface area contributed by atoms with Gasteiger partial charge in [-0.15, -0.1) is 13.2 Å². The van der Waals surface area contributed by atoms with Crippen LogP contribution in [-0.4, -0.2) is 33.9 Å². The van der Waals surface area contributed by atoms with Crippen LogP contribution in [0.5, 0.6) is 5.88 Å². The number of nitrogens with two attached hydrogens (primary N) is 1. The maximum Gasteiger partial charge on any atom is 0.573 e. The molecule has 0 aromatic carbocycles. The van der Waals surface area contributed by atoms with Crippen molar-refractivity contribution in [2.24, 2.45) is 22.6 Å². The Labute approximate surface area is 192 Å². The molecule has 0 saturated heterocycles. The third-order valence-electron chi connectivity index (χ3n) is 6.47. The Morgan fingerprint density at radius 2 is 2.18 bits per heavy atom. The molecule has 5 rings (SSSR count). The molecule has 2 bridgehead atoms. The topological polar surface area (TPSA) is 98.8 Å². The molecule has 1 saturated carbocycles. The largest absolute Gasteiger partial charge is 0.573 e. The van der Waals surface area contributed by atoms with E-state index in [1.807, 2.05) is 6.07 Å². The second-order valence-corrected chi connectivity index (χ2v) is 9.80. The number of rotatable bonds is 2. The molecular formula is C22H21F3N4O3S. The van der Waals surface area contributed by atoms with Gasteiger partial charge in [0.25, 0.3) is 0 Å². The molecule has 1 fully saturated rings. The number of thioether (sulfide) groups is 1. The first-order valence-corrected chi connectivity index (χ1v) is 11.3. The fraction of sp³-hybridized carbons (Fsp3) is 0.409. The Morgan fingerprint density at radius 1 is 1.39 bits per heavy atom. The lowest BCUT2D eigenvalue weighted by molar-refractivity contribution is -0.303. The summed E-state index contributed by atoms with van der Waals surface area (Å²) in [6.07, 6.45) is -0.0213. The molecule has 5 atom stereocenters. The summed E-state index contributed by atoms with van der Waals surface area (Å²) in [4.78, 5) is 21.2. The van der Waals surface area contributed by atoms with Crippen LogP contribution in [0.25, 0.3) is 0 Å². The molecule has 174 valence electrons. The van der Waals surface area contributed by atoms with Gasteiger partial charge in [-0.3, -0.25) is 10.3 Å². The highest BCUT2D eigenvalue weighted by Gasteiger charge is 2.50. The fourth-order valence-corrected chi connectivity index (χ4v) is 6.05. The summed E-state index contributed by atoms with van der Waals surface area (Å²) < 4.78 is 46.6. The van der Waals surface area contributed by atoms with E-state index >= 15 is 0 Å². The lowest BCUT2D eigenvalue weighted by atomic mass is 9.77. The number of hydrogen-bond acceptors (Lipinski definition) is 7. The number of aliphatic imine (C=N–C) groups is 1. The van der Waals surface area contributed by atoms with Crippen LogP contribution >= 0.6 is 11.8 Å². The number of nitrogens with zero attached hydrogens (tertiary/aromatic N) is 2. The first-order chi connectivity index (χ1) is 15.5. The number of amides is 1. The maximum absolute atomic E-state index is 12.4. The quantitative estimate of drug-likeness (QED) is 0.626. The first-order valence-electron chi connectivity index (χ1n) is 10.4. The van der Waals surface area contributed by atoms with Gasteiger partial charge in [-0.25, -0.2) is 9.78 Å². The van der Waals surface area contributed by atoms with Gasteiger partial charge in [-0.1, -0.05) is 31.3 Å². The van der Waals surface area contributed by atoms with Gasteiger partial charge in [0.2, 0.25) is 5.88 Å². The average molecular weight is 478 g/mol. The van der Waals surface area contributed by atoms with Crippen molar-refractivity contribution < 1.29 is 27.4 Å². The smallest absolute Gasteiger partial charge is 0.406 e. The van der Waals surface area contributed by atoms with Crippen LogP contribution < -0.4 is 15.8 Å². The molecular weight excluding hydrogens is 457 g/mol. The van der Waals surface area contributed by atoms with E-state index < -0.39 is 29.3 Å². The van der Waals surface area contributed by atoms with E-state index in [4.69, 9.17) is 10.5 Å². The molecule has 1 aromatic rings. The minimum Gasteiger partial charge on any atom is -0.406 e. The average Bonchev–Trinajstić information content (AvgIpc) is 3.15. The molecule has 11 heteroatoms. The van der Waals surface area contributed by atoms with Gasteiger partial charge in [0.1, 0.15) is 5.76 Å². The van der Waals surface area contributed by atoms with E-state index in [2.05, 4.69) is 33.5 Å². The van der Waals surface area contributed by atoms with Crippen LogP contribution in [0.1, 0.15) is 24.6 Å². The molecule has 4 unspecified atom stereocenters. The number of carbonyl (C=O) groups is 1. The van der Waals surface area contributed by atoms with Gasteiger partial charge in [-0.2, -0.15) is 0 Å². The first kappa shape index (κ1) is 22.0. The second-order valence-electron chi connectivity index (χ2n) is 8.63. The molecule has 0 radical (unpaired) electrons. The minimum atomic E-state index is -4.77. The molecule has 1 amide bonds. The highest BCUT2D eigenvalue weighted by Crippen LogP contribution is 2.53. The number of aromatic nitrogens is 1. The molecule has 1 aromatic heterocycles. The number of alkyl halides is 3. The Kier molecular flexibility index (Phi) is 5.09. The molecule has 0 spiro atoms. The molecule has 1 aliphatic heterocycles. The highest BCUT2D eigenvalue weighted by molar-refractivity contribution is 8.14. The van der Waals surface area contributed by atoms with Gasteiger partial charge >= 0.3 is 12.5 Å². The summed E-state index contributed by atoms with van der Waals surface area (Å²) in [5.74, 6) is 0.475. The summed E-state index contributed by atoms with van der Waals surface area (Å²) in [5.41, 5.74) is 8.79. The number of hydrogen-bond donors (Lipinski definition) is 2. The third kappa shape index (κ3) is 4.04. The molecule has 2 heterocycles. The minimum absolute atomic E-state index is 0.135. The second kappa shape index (κ2) is 7.63. The van der Waals surface area contributed by atoms with E-state index in [0.29, 0.717) is 12.3 Å². The number of fused-ring (bicyclic) bond motifs is 5. The van der Waals surface area contributed by atoms with Gasteiger partial charge in [0.15, 0.2) is 5.17 Å². The Hall–Kier alpha value is -2.79. The number of carbonyl (C=O) groups excluding carboxylic acids is 1. The molecule has 33 heavy (non-hydrogen) atoms. The summed E-state index contributed by atoms with van der Waals surface area (Å²) in [5, 5.41) is 2.35. The predicted molar refractivity (Wildman–Crippen MR) is 116 cm³/mol. The number of allylic oxidation sites excluding steroid dienone is 1. The molecule has 7 nitrogen and oxygen atoms in total. The summed E-state index contributed by atoms with van der Waals surface area (Å²) in [6, 6.07) is 3.02. The zero-order valence-electron chi connectivity index (χ0n) is 17.6. The van der Waals surface area contributed by atoms with Crippen molar-refractivity contribution in [1.82, 2.24) is 10.3 Å². The maximum atomic E-state index is 12.4. The summed E-state index contributed by atoms with van der Waals surface area (Å²) in [6.45, 7) is 6.36. The van der Waals surface area contributed by atoms with E-state index in [9.17, 15) is 18.0 Å². The van der Waals surface area contributed by atoms with Crippen LogP contribution in [0, 0.1) is 11.8 Å². The monoisotopic (exact) mass is 478 g/mol. The van der Waals surface area contributed by atoms with E-state index in [1.54, 1.807) is 6.07 Å². The van der Waals surface area contributed by atoms with Crippen molar-refractivity contribution in [1.29, 1.82) is 0 Å². The van der Waals surface area contributed by atoms with E-state index in [1.165, 1.54) is 18.2 Å². The van der Waals surface area contributed by atoms with E-state index in [0.717, 1.165) is 35.0 Å². The van der Waals surface area contributed by atoms with Crippen LogP contribution in [0.3, 0.4) is 0 Å². The lowest BCUT2D eigenvalue weighted by Gasteiger charge is -2.33. The zero-order valence-corrected chi connectivity index (χ0v) is 18.4.